The number of carboxylic acid groups (broad SMARTS) is 1. The van der Waals surface area contributed by atoms with Crippen molar-refractivity contribution in [2.24, 2.45) is 12.5 Å². The van der Waals surface area contributed by atoms with Crippen molar-refractivity contribution in [2.45, 2.75) is 12.6 Å². The number of H-pyrrole nitrogens is 1. The number of hydrogen-bond acceptors (Lipinski definition) is 3. The van der Waals surface area contributed by atoms with Gasteiger partial charge in [-0.15, -0.1) is 0 Å². The van der Waals surface area contributed by atoms with Gasteiger partial charge in [-0.1, -0.05) is 0 Å². The largest absolute Gasteiger partial charge is 0.481 e. The number of amides is 1. The minimum absolute atomic E-state index is 0.0884. The number of benzene rings is 1. The molecule has 1 aliphatic rings. The van der Waals surface area contributed by atoms with E-state index in [1.165, 1.54) is 29.8 Å². The van der Waals surface area contributed by atoms with E-state index in [0.717, 1.165) is 4.90 Å². The van der Waals surface area contributed by atoms with Gasteiger partial charge in [0.2, 0.25) is 0 Å². The number of nitrogens with one attached hydrogen (secondary N) is 1. The molecule has 10 heteroatoms. The van der Waals surface area contributed by atoms with Crippen molar-refractivity contribution in [3.8, 4) is 0 Å². The van der Waals surface area contributed by atoms with Crippen LogP contribution in [0, 0.1) is 5.41 Å². The predicted octanol–water partition coefficient (Wildman–Crippen LogP) is 1.35. The van der Waals surface area contributed by atoms with Crippen molar-refractivity contribution >= 4 is 22.9 Å². The minimum Gasteiger partial charge on any atom is -0.481 e. The quantitative estimate of drug-likeness (QED) is 0.848. The molecule has 1 unspecified atom stereocenters. The van der Waals surface area contributed by atoms with Crippen LogP contribution in [0.1, 0.15) is 16.8 Å². The molecule has 0 bridgehead atoms. The lowest BCUT2D eigenvalue weighted by Crippen LogP contribution is -2.47. The number of hydrogen-bond donors (Lipinski definition) is 2. The first-order valence-corrected chi connectivity index (χ1v) is 7.35. The number of fused-ring (bicyclic) bond motifs is 1. The van der Waals surface area contributed by atoms with Crippen LogP contribution in [0.25, 0.3) is 11.0 Å². The number of alkyl halides is 3. The van der Waals surface area contributed by atoms with Crippen LogP contribution in [-0.4, -0.2) is 50.7 Å². The van der Waals surface area contributed by atoms with E-state index in [9.17, 15) is 27.6 Å². The number of carboxylic acids is 1. The second-order valence-corrected chi connectivity index (χ2v) is 6.08. The van der Waals surface area contributed by atoms with Gasteiger partial charge in [0.25, 0.3) is 5.91 Å². The number of halogens is 3. The monoisotopic (exact) mass is 357 g/mol. The summed E-state index contributed by atoms with van der Waals surface area (Å²) in [5.41, 5.74) is -2.34. The Morgan fingerprint density at radius 3 is 2.56 bits per heavy atom. The number of imidazole rings is 1. The summed E-state index contributed by atoms with van der Waals surface area (Å²) >= 11 is 0. The molecular weight excluding hydrogens is 343 g/mol. The van der Waals surface area contributed by atoms with E-state index in [-0.39, 0.29) is 17.8 Å². The van der Waals surface area contributed by atoms with E-state index in [2.05, 4.69) is 4.98 Å². The molecular formula is C15H14F3N3O4. The molecule has 1 aromatic heterocycles. The lowest BCUT2D eigenvalue weighted by Gasteiger charge is -2.27. The van der Waals surface area contributed by atoms with Gasteiger partial charge in [-0.2, -0.15) is 13.2 Å². The first-order chi connectivity index (χ1) is 11.6. The number of likely N-dealkylation sites (tertiary alicyclic amines) is 1. The van der Waals surface area contributed by atoms with Crippen molar-refractivity contribution in [3.63, 3.8) is 0 Å². The second-order valence-electron chi connectivity index (χ2n) is 6.08. The van der Waals surface area contributed by atoms with E-state index in [1.807, 2.05) is 0 Å². The topological polar surface area (TPSA) is 95.4 Å². The van der Waals surface area contributed by atoms with Crippen molar-refractivity contribution < 1.29 is 27.9 Å². The lowest BCUT2D eigenvalue weighted by atomic mass is 9.86. The summed E-state index contributed by atoms with van der Waals surface area (Å²) in [5, 5.41) is 9.05. The van der Waals surface area contributed by atoms with Crippen LogP contribution in [0.5, 0.6) is 0 Å². The highest BCUT2D eigenvalue weighted by atomic mass is 19.4. The molecule has 25 heavy (non-hydrogen) atoms. The number of carbonyl (C=O) groups is 2. The van der Waals surface area contributed by atoms with Gasteiger partial charge in [0.1, 0.15) is 0 Å². The van der Waals surface area contributed by atoms with Gasteiger partial charge in [0.05, 0.1) is 11.0 Å². The number of nitrogens with zero attached hydrogens (tertiary/aromatic N) is 2. The Morgan fingerprint density at radius 1 is 1.32 bits per heavy atom. The molecule has 3 rings (SSSR count). The molecule has 7 nitrogen and oxygen atoms in total. The van der Waals surface area contributed by atoms with E-state index in [4.69, 9.17) is 5.11 Å². The molecule has 1 aromatic carbocycles. The fraction of sp³-hybridized carbons (Fsp3) is 0.400. The van der Waals surface area contributed by atoms with E-state index in [1.54, 1.807) is 0 Å². The highest BCUT2D eigenvalue weighted by molar-refractivity contribution is 5.98. The molecule has 1 amide bonds. The molecule has 2 aromatic rings. The fourth-order valence-corrected chi connectivity index (χ4v) is 3.05. The van der Waals surface area contributed by atoms with Crippen LogP contribution in [-0.2, 0) is 11.8 Å². The molecule has 0 spiro atoms. The minimum atomic E-state index is -4.96. The first-order valence-electron chi connectivity index (χ1n) is 7.35. The first kappa shape index (κ1) is 17.1. The van der Waals surface area contributed by atoms with Gasteiger partial charge in [-0.3, -0.25) is 14.2 Å². The molecule has 1 aliphatic heterocycles. The summed E-state index contributed by atoms with van der Waals surface area (Å²) in [5.74, 6) is -2.69. The Hall–Kier alpha value is -2.78. The third-order valence-electron chi connectivity index (χ3n) is 4.66. The Morgan fingerprint density at radius 2 is 2.00 bits per heavy atom. The Labute approximate surface area is 138 Å². The van der Waals surface area contributed by atoms with Crippen LogP contribution in [0.4, 0.5) is 13.2 Å². The molecule has 134 valence electrons. The highest BCUT2D eigenvalue weighted by Crippen LogP contribution is 2.46. The van der Waals surface area contributed by atoms with Gasteiger partial charge in [0, 0.05) is 25.7 Å². The molecule has 2 N–H and O–H groups in total. The number of aliphatic carboxylic acids is 1. The van der Waals surface area contributed by atoms with Gasteiger partial charge in [0.15, 0.2) is 5.41 Å². The molecule has 0 aliphatic carbocycles. The summed E-state index contributed by atoms with van der Waals surface area (Å²) in [7, 11) is 1.49. The van der Waals surface area contributed by atoms with Crippen LogP contribution in [0.15, 0.2) is 23.0 Å². The standard InChI is InChI=1S/C15H14F3N3O4/c1-20-10-6-8(2-3-9(10)19-13(20)25)11(22)21-5-4-14(7-21,12(23)24)15(16,17)18/h2-3,6H,4-5,7H2,1H3,(H,19,25)(H,23,24). The third kappa shape index (κ3) is 2.48. The summed E-state index contributed by atoms with van der Waals surface area (Å²) in [6.07, 6.45) is -5.65. The number of aromatic nitrogens is 2. The molecule has 1 atom stereocenters. The molecule has 0 saturated carbocycles. The normalized spacial score (nSPS) is 21.0. The Kier molecular flexibility index (Phi) is 3.66. The van der Waals surface area contributed by atoms with Crippen LogP contribution < -0.4 is 5.69 Å². The maximum absolute atomic E-state index is 13.2. The van der Waals surface area contributed by atoms with Gasteiger partial charge >= 0.3 is 17.8 Å². The fourth-order valence-electron chi connectivity index (χ4n) is 3.05. The summed E-state index contributed by atoms with van der Waals surface area (Å²) < 4.78 is 40.9. The summed E-state index contributed by atoms with van der Waals surface area (Å²) in [6, 6.07) is 4.26. The number of aryl methyl sites for hydroxylation is 1. The molecule has 2 heterocycles. The number of aromatic amines is 1. The van der Waals surface area contributed by atoms with Crippen molar-refractivity contribution in [1.82, 2.24) is 14.5 Å². The molecule has 1 saturated heterocycles. The van der Waals surface area contributed by atoms with Crippen molar-refractivity contribution in [2.75, 3.05) is 13.1 Å². The molecule has 0 radical (unpaired) electrons. The summed E-state index contributed by atoms with van der Waals surface area (Å²) in [4.78, 5) is 38.7. The van der Waals surface area contributed by atoms with E-state index >= 15 is 0 Å². The summed E-state index contributed by atoms with van der Waals surface area (Å²) in [6.45, 7) is -1.25. The van der Waals surface area contributed by atoms with Crippen LogP contribution >= 0.6 is 0 Å². The maximum atomic E-state index is 13.2. The predicted molar refractivity (Wildman–Crippen MR) is 80.2 cm³/mol. The highest BCUT2D eigenvalue weighted by Gasteiger charge is 2.64. The third-order valence-corrected chi connectivity index (χ3v) is 4.66. The number of rotatable bonds is 2. The van der Waals surface area contributed by atoms with Crippen LogP contribution in [0.2, 0.25) is 0 Å². The lowest BCUT2D eigenvalue weighted by molar-refractivity contribution is -0.227. The maximum Gasteiger partial charge on any atom is 0.406 e. The Balaban J connectivity index is 1.93. The zero-order valence-electron chi connectivity index (χ0n) is 13.1. The zero-order valence-corrected chi connectivity index (χ0v) is 13.1. The average Bonchev–Trinajstić information content (AvgIpc) is 3.10. The van der Waals surface area contributed by atoms with Crippen LogP contribution in [0.3, 0.4) is 0 Å². The van der Waals surface area contributed by atoms with E-state index < -0.39 is 36.4 Å². The van der Waals surface area contributed by atoms with E-state index in [0.29, 0.717) is 11.0 Å². The Bertz CT molecular complexity index is 930. The van der Waals surface area contributed by atoms with Gasteiger partial charge in [-0.25, -0.2) is 4.79 Å². The average molecular weight is 357 g/mol. The number of carbonyl (C=O) groups excluding carboxylic acids is 1. The second kappa shape index (κ2) is 5.36. The molecule has 1 fully saturated rings. The van der Waals surface area contributed by atoms with Crippen molar-refractivity contribution in [1.29, 1.82) is 0 Å². The zero-order chi connectivity index (χ0) is 18.6. The van der Waals surface area contributed by atoms with Gasteiger partial charge in [-0.05, 0) is 24.6 Å². The van der Waals surface area contributed by atoms with Crippen molar-refractivity contribution in [3.05, 3.63) is 34.2 Å². The van der Waals surface area contributed by atoms with Gasteiger partial charge < -0.3 is 15.0 Å². The smallest absolute Gasteiger partial charge is 0.406 e. The SMILES string of the molecule is Cn1c(=O)[nH]c2ccc(C(=O)N3CCC(C(=O)O)(C(F)(F)F)C3)cc21.